The van der Waals surface area contributed by atoms with Crippen LogP contribution in [-0.2, 0) is 4.74 Å². The van der Waals surface area contributed by atoms with Gasteiger partial charge in [0.2, 0.25) is 0 Å². The van der Waals surface area contributed by atoms with E-state index in [0.717, 1.165) is 5.02 Å². The predicted molar refractivity (Wildman–Crippen MR) is 86.1 cm³/mol. The summed E-state index contributed by atoms with van der Waals surface area (Å²) in [6.45, 7) is 7.72. The van der Waals surface area contributed by atoms with Crippen LogP contribution in [0.1, 0.15) is 32.4 Å². The second kappa shape index (κ2) is 7.41. The number of methoxy groups -OCH3 is 1. The van der Waals surface area contributed by atoms with Crippen molar-refractivity contribution in [1.29, 1.82) is 0 Å². The first-order chi connectivity index (χ1) is 9.39. The summed E-state index contributed by atoms with van der Waals surface area (Å²) in [5.41, 5.74) is 7.10. The molecule has 0 saturated carbocycles. The lowest BCUT2D eigenvalue weighted by atomic mass is 9.84. The fourth-order valence-electron chi connectivity index (χ4n) is 2.74. The Kier molecular flexibility index (Phi) is 6.46. The fraction of sp³-hybridized carbons (Fsp3) is 0.625. The summed E-state index contributed by atoms with van der Waals surface area (Å²) in [7, 11) is 3.84. The van der Waals surface area contributed by atoms with Gasteiger partial charge in [-0.05, 0) is 37.6 Å². The van der Waals surface area contributed by atoms with Gasteiger partial charge in [-0.1, -0.05) is 37.6 Å². The molecule has 20 heavy (non-hydrogen) atoms. The molecule has 1 aromatic rings. The molecular formula is C16H27ClN2O. The van der Waals surface area contributed by atoms with Gasteiger partial charge in [0, 0.05) is 24.7 Å². The quantitative estimate of drug-likeness (QED) is 0.839. The molecule has 2 N–H and O–H groups in total. The van der Waals surface area contributed by atoms with Gasteiger partial charge in [-0.2, -0.15) is 0 Å². The first-order valence-corrected chi connectivity index (χ1v) is 7.44. The van der Waals surface area contributed by atoms with Gasteiger partial charge in [-0.3, -0.25) is 4.90 Å². The van der Waals surface area contributed by atoms with E-state index in [2.05, 4.69) is 38.8 Å². The maximum absolute atomic E-state index is 6.10. The molecular weight excluding hydrogens is 272 g/mol. The third-order valence-electron chi connectivity index (χ3n) is 4.44. The molecule has 0 saturated heterocycles. The predicted octanol–water partition coefficient (Wildman–Crippen LogP) is 3.33. The van der Waals surface area contributed by atoms with Gasteiger partial charge in [0.15, 0.2) is 0 Å². The molecule has 1 rings (SSSR count). The van der Waals surface area contributed by atoms with Crippen LogP contribution in [0.3, 0.4) is 0 Å². The third-order valence-corrected chi connectivity index (χ3v) is 4.67. The van der Waals surface area contributed by atoms with Gasteiger partial charge in [0.1, 0.15) is 0 Å². The average Bonchev–Trinajstić information content (AvgIpc) is 2.43. The molecule has 0 radical (unpaired) electrons. The minimum Gasteiger partial charge on any atom is -0.383 e. The topological polar surface area (TPSA) is 38.5 Å². The molecule has 0 aliphatic rings. The molecule has 3 nitrogen and oxygen atoms in total. The highest BCUT2D eigenvalue weighted by atomic mass is 35.5. The first kappa shape index (κ1) is 17.4. The van der Waals surface area contributed by atoms with E-state index < -0.39 is 0 Å². The average molecular weight is 299 g/mol. The van der Waals surface area contributed by atoms with E-state index >= 15 is 0 Å². The molecule has 0 bridgehead atoms. The normalized spacial score (nSPS) is 16.4. The third kappa shape index (κ3) is 3.53. The van der Waals surface area contributed by atoms with Crippen LogP contribution >= 0.6 is 11.6 Å². The van der Waals surface area contributed by atoms with Gasteiger partial charge in [-0.25, -0.2) is 0 Å². The van der Waals surface area contributed by atoms with E-state index in [1.165, 1.54) is 5.56 Å². The van der Waals surface area contributed by atoms with E-state index in [1.54, 1.807) is 7.11 Å². The van der Waals surface area contributed by atoms with Crippen LogP contribution in [0.4, 0.5) is 0 Å². The molecule has 4 heteroatoms. The number of benzene rings is 1. The van der Waals surface area contributed by atoms with Crippen LogP contribution in [0.15, 0.2) is 24.3 Å². The number of nitrogens with zero attached hydrogens (tertiary/aromatic N) is 1. The van der Waals surface area contributed by atoms with Crippen LogP contribution < -0.4 is 5.73 Å². The lowest BCUT2D eigenvalue weighted by molar-refractivity contribution is -0.0215. The van der Waals surface area contributed by atoms with E-state index in [-0.39, 0.29) is 11.6 Å². The Hall–Kier alpha value is -0.610. The molecule has 1 aromatic carbocycles. The second-order valence-electron chi connectivity index (χ2n) is 5.74. The Bertz CT molecular complexity index is 425. The summed E-state index contributed by atoms with van der Waals surface area (Å²) >= 11 is 6.10. The van der Waals surface area contributed by atoms with E-state index in [1.807, 2.05) is 18.2 Å². The Morgan fingerprint density at radius 1 is 1.35 bits per heavy atom. The monoisotopic (exact) mass is 298 g/mol. The smallest absolute Gasteiger partial charge is 0.0661 e. The summed E-state index contributed by atoms with van der Waals surface area (Å²) in [6, 6.07) is 8.21. The molecule has 0 aliphatic carbocycles. The van der Waals surface area contributed by atoms with E-state index in [0.29, 0.717) is 19.1 Å². The number of nitrogens with two attached hydrogens (primary N) is 1. The highest BCUT2D eigenvalue weighted by molar-refractivity contribution is 6.30. The van der Waals surface area contributed by atoms with Crippen molar-refractivity contribution in [3.8, 4) is 0 Å². The molecule has 2 atom stereocenters. The molecule has 0 heterocycles. The number of ether oxygens (including phenoxy) is 1. The number of rotatable bonds is 7. The van der Waals surface area contributed by atoms with Crippen molar-refractivity contribution in [2.75, 3.05) is 27.3 Å². The van der Waals surface area contributed by atoms with Crippen molar-refractivity contribution >= 4 is 11.6 Å². The SMILES string of the molecule is COCC(CN)(C(C)C)N(C)C(C)c1cccc(Cl)c1. The van der Waals surface area contributed by atoms with Crippen LogP contribution in [0.25, 0.3) is 0 Å². The van der Waals surface area contributed by atoms with Crippen LogP contribution in [0, 0.1) is 5.92 Å². The summed E-state index contributed by atoms with van der Waals surface area (Å²) < 4.78 is 5.44. The van der Waals surface area contributed by atoms with Gasteiger partial charge < -0.3 is 10.5 Å². The maximum Gasteiger partial charge on any atom is 0.0661 e. The maximum atomic E-state index is 6.10. The zero-order valence-corrected chi connectivity index (χ0v) is 13.9. The Balaban J connectivity index is 3.08. The number of halogens is 1. The highest BCUT2D eigenvalue weighted by Crippen LogP contribution is 2.32. The fourth-order valence-corrected chi connectivity index (χ4v) is 2.94. The summed E-state index contributed by atoms with van der Waals surface area (Å²) in [5, 5.41) is 0.761. The Morgan fingerprint density at radius 2 is 2.00 bits per heavy atom. The summed E-state index contributed by atoms with van der Waals surface area (Å²) in [6.07, 6.45) is 0. The zero-order valence-electron chi connectivity index (χ0n) is 13.2. The zero-order chi connectivity index (χ0) is 15.3. The minimum absolute atomic E-state index is 0.184. The standard InChI is InChI=1S/C16H27ClN2O/c1-12(2)16(10-18,11-20-5)19(4)13(3)14-7-6-8-15(17)9-14/h6-9,12-13H,10-11,18H2,1-5H3. The summed E-state index contributed by atoms with van der Waals surface area (Å²) in [5.74, 6) is 0.388. The molecule has 0 amide bonds. The van der Waals surface area contributed by atoms with E-state index in [9.17, 15) is 0 Å². The van der Waals surface area contributed by atoms with Crippen molar-refractivity contribution < 1.29 is 4.74 Å². The van der Waals surface area contributed by atoms with Gasteiger partial charge in [0.05, 0.1) is 12.1 Å². The van der Waals surface area contributed by atoms with E-state index in [4.69, 9.17) is 22.1 Å². The molecule has 0 aliphatic heterocycles. The van der Waals surface area contributed by atoms with Crippen LogP contribution in [0.5, 0.6) is 0 Å². The van der Waals surface area contributed by atoms with Crippen molar-refractivity contribution in [2.45, 2.75) is 32.4 Å². The number of hydrogen-bond donors (Lipinski definition) is 1. The molecule has 0 spiro atoms. The Morgan fingerprint density at radius 3 is 2.45 bits per heavy atom. The minimum atomic E-state index is -0.184. The van der Waals surface area contributed by atoms with Gasteiger partial charge >= 0.3 is 0 Å². The molecule has 0 aromatic heterocycles. The van der Waals surface area contributed by atoms with Crippen LogP contribution in [0.2, 0.25) is 5.02 Å². The van der Waals surface area contributed by atoms with Gasteiger partial charge in [-0.15, -0.1) is 0 Å². The van der Waals surface area contributed by atoms with Gasteiger partial charge in [0.25, 0.3) is 0 Å². The van der Waals surface area contributed by atoms with Crippen molar-refractivity contribution in [1.82, 2.24) is 4.90 Å². The number of hydrogen-bond acceptors (Lipinski definition) is 3. The summed E-state index contributed by atoms with van der Waals surface area (Å²) in [4.78, 5) is 2.31. The Labute approximate surface area is 128 Å². The van der Waals surface area contributed by atoms with Crippen LogP contribution in [-0.4, -0.2) is 37.7 Å². The van der Waals surface area contributed by atoms with Crippen molar-refractivity contribution in [2.24, 2.45) is 11.7 Å². The largest absolute Gasteiger partial charge is 0.383 e. The highest BCUT2D eigenvalue weighted by Gasteiger charge is 2.39. The van der Waals surface area contributed by atoms with Crippen molar-refractivity contribution in [3.63, 3.8) is 0 Å². The lowest BCUT2D eigenvalue weighted by Crippen LogP contribution is -2.59. The molecule has 114 valence electrons. The molecule has 2 unspecified atom stereocenters. The lowest BCUT2D eigenvalue weighted by Gasteiger charge is -2.47. The van der Waals surface area contributed by atoms with Crippen molar-refractivity contribution in [3.05, 3.63) is 34.9 Å². The molecule has 0 fully saturated rings. The second-order valence-corrected chi connectivity index (χ2v) is 6.17. The first-order valence-electron chi connectivity index (χ1n) is 7.06. The number of likely N-dealkylation sites (N-methyl/N-ethyl adjacent to an activating group) is 1.